The van der Waals surface area contributed by atoms with Crippen LogP contribution in [0.4, 0.5) is 14.9 Å². The van der Waals surface area contributed by atoms with E-state index in [1.54, 1.807) is 12.1 Å². The second kappa shape index (κ2) is 8.33. The lowest BCUT2D eigenvalue weighted by atomic mass is 9.77. The van der Waals surface area contributed by atoms with Crippen LogP contribution >= 0.6 is 0 Å². The number of nitrogens with one attached hydrogen (secondary N) is 2. The molecular weight excluding hydrogens is 403 g/mol. The van der Waals surface area contributed by atoms with Gasteiger partial charge in [0.25, 0.3) is 5.91 Å². The molecule has 1 saturated carbocycles. The molecule has 4 rings (SSSR count). The van der Waals surface area contributed by atoms with Crippen molar-refractivity contribution in [2.75, 3.05) is 11.9 Å². The summed E-state index contributed by atoms with van der Waals surface area (Å²) in [6.45, 7) is 1.76. The molecule has 162 valence electrons. The summed E-state index contributed by atoms with van der Waals surface area (Å²) in [5.41, 5.74) is -0.477. The molecule has 1 aromatic heterocycles. The van der Waals surface area contributed by atoms with Crippen LogP contribution in [0, 0.1) is 11.7 Å². The fourth-order valence-corrected chi connectivity index (χ4v) is 3.90. The number of hydrogen-bond acceptors (Lipinski definition) is 5. The van der Waals surface area contributed by atoms with Gasteiger partial charge in [-0.05, 0) is 61.9 Å². The minimum atomic E-state index is -0.870. The maximum absolute atomic E-state index is 13.0. The van der Waals surface area contributed by atoms with Gasteiger partial charge in [-0.3, -0.25) is 14.5 Å². The molecule has 0 unspecified atom stereocenters. The van der Waals surface area contributed by atoms with E-state index in [9.17, 15) is 18.8 Å². The maximum Gasteiger partial charge on any atom is 0.325 e. The van der Waals surface area contributed by atoms with Crippen LogP contribution in [0.5, 0.6) is 11.6 Å². The van der Waals surface area contributed by atoms with Crippen LogP contribution < -0.4 is 15.4 Å². The summed E-state index contributed by atoms with van der Waals surface area (Å²) in [4.78, 5) is 42.6. The zero-order valence-electron chi connectivity index (χ0n) is 17.1. The van der Waals surface area contributed by atoms with Gasteiger partial charge in [0.15, 0.2) is 0 Å². The molecule has 2 fully saturated rings. The molecule has 4 amide bonds. The number of anilines is 1. The normalized spacial score (nSPS) is 23.0. The second-order valence-electron chi connectivity index (χ2n) is 8.08. The van der Waals surface area contributed by atoms with E-state index >= 15 is 0 Å². The van der Waals surface area contributed by atoms with Gasteiger partial charge in [0.1, 0.15) is 23.7 Å². The van der Waals surface area contributed by atoms with Crippen molar-refractivity contribution >= 4 is 23.5 Å². The summed E-state index contributed by atoms with van der Waals surface area (Å²) >= 11 is 0. The number of amides is 4. The van der Waals surface area contributed by atoms with Crippen molar-refractivity contribution in [1.82, 2.24) is 15.2 Å². The zero-order valence-corrected chi connectivity index (χ0v) is 17.1. The van der Waals surface area contributed by atoms with Crippen LogP contribution in [-0.4, -0.2) is 39.8 Å². The third-order valence-electron chi connectivity index (χ3n) is 5.73. The van der Waals surface area contributed by atoms with Gasteiger partial charge >= 0.3 is 6.03 Å². The summed E-state index contributed by atoms with van der Waals surface area (Å²) < 4.78 is 18.5. The number of benzene rings is 1. The van der Waals surface area contributed by atoms with Gasteiger partial charge in [-0.1, -0.05) is 6.92 Å². The lowest BCUT2D eigenvalue weighted by Crippen LogP contribution is -2.49. The summed E-state index contributed by atoms with van der Waals surface area (Å²) in [6, 6.07) is 8.10. The van der Waals surface area contributed by atoms with Crippen molar-refractivity contribution in [1.29, 1.82) is 0 Å². The van der Waals surface area contributed by atoms with Gasteiger partial charge in [-0.15, -0.1) is 0 Å². The molecule has 9 heteroatoms. The predicted molar refractivity (Wildman–Crippen MR) is 110 cm³/mol. The fourth-order valence-electron chi connectivity index (χ4n) is 3.90. The molecule has 1 aromatic carbocycles. The van der Waals surface area contributed by atoms with Gasteiger partial charge in [0.2, 0.25) is 11.8 Å². The van der Waals surface area contributed by atoms with Crippen LogP contribution in [0.3, 0.4) is 0 Å². The van der Waals surface area contributed by atoms with Gasteiger partial charge in [-0.25, -0.2) is 14.2 Å². The Hall–Kier alpha value is -3.49. The molecular formula is C22H23FN4O4. The van der Waals surface area contributed by atoms with Crippen molar-refractivity contribution in [2.24, 2.45) is 5.92 Å². The summed E-state index contributed by atoms with van der Waals surface area (Å²) in [6.07, 6.45) is 4.31. The molecule has 1 saturated heterocycles. The van der Waals surface area contributed by atoms with Crippen molar-refractivity contribution in [3.8, 4) is 11.6 Å². The molecule has 1 spiro atoms. The fraction of sp³-hybridized carbons (Fsp3) is 0.364. The number of halogens is 1. The maximum atomic E-state index is 13.0. The van der Waals surface area contributed by atoms with Gasteiger partial charge in [-0.2, -0.15) is 0 Å². The Kier molecular flexibility index (Phi) is 5.58. The number of pyridine rings is 1. The third kappa shape index (κ3) is 4.50. The number of nitrogens with zero attached hydrogens (tertiary/aromatic N) is 2. The Balaban J connectivity index is 1.34. The molecule has 1 aliphatic carbocycles. The Morgan fingerprint density at radius 2 is 1.94 bits per heavy atom. The molecule has 2 N–H and O–H groups in total. The highest BCUT2D eigenvalue weighted by Gasteiger charge is 2.52. The highest BCUT2D eigenvalue weighted by Crippen LogP contribution is 2.36. The molecule has 8 nitrogen and oxygen atoms in total. The van der Waals surface area contributed by atoms with Gasteiger partial charge in [0.05, 0.1) is 11.9 Å². The van der Waals surface area contributed by atoms with E-state index in [0.29, 0.717) is 30.2 Å². The Bertz CT molecular complexity index is 986. The summed E-state index contributed by atoms with van der Waals surface area (Å²) in [7, 11) is 0. The summed E-state index contributed by atoms with van der Waals surface area (Å²) in [5.74, 6) is 0.0181. The number of carbonyl (C=O) groups is 3. The minimum absolute atomic E-state index is 0.271. The lowest BCUT2D eigenvalue weighted by molar-refractivity contribution is -0.135. The first kappa shape index (κ1) is 20.8. The van der Waals surface area contributed by atoms with E-state index in [2.05, 4.69) is 22.5 Å². The number of hydrogen-bond donors (Lipinski definition) is 2. The zero-order chi connectivity index (χ0) is 22.0. The quantitative estimate of drug-likeness (QED) is 0.714. The SMILES string of the molecule is CC1CCC2(CC1)NC(=O)N(CC(=O)Nc1ccc(Oc3ccc(F)cc3)nc1)C2=O. The second-order valence-corrected chi connectivity index (χ2v) is 8.08. The third-order valence-corrected chi connectivity index (χ3v) is 5.73. The first-order valence-electron chi connectivity index (χ1n) is 10.2. The van der Waals surface area contributed by atoms with E-state index < -0.39 is 17.5 Å². The average molecular weight is 426 g/mol. The van der Waals surface area contributed by atoms with E-state index in [0.717, 1.165) is 17.7 Å². The molecule has 1 aliphatic heterocycles. The minimum Gasteiger partial charge on any atom is -0.439 e. The monoisotopic (exact) mass is 426 g/mol. The number of rotatable bonds is 5. The van der Waals surface area contributed by atoms with Crippen molar-refractivity contribution in [3.05, 3.63) is 48.4 Å². The molecule has 31 heavy (non-hydrogen) atoms. The van der Waals surface area contributed by atoms with Crippen molar-refractivity contribution in [2.45, 2.75) is 38.1 Å². The molecule has 0 bridgehead atoms. The van der Waals surface area contributed by atoms with Gasteiger partial charge < -0.3 is 15.4 Å². The first-order chi connectivity index (χ1) is 14.8. The van der Waals surface area contributed by atoms with E-state index in [1.165, 1.54) is 30.5 Å². The molecule has 2 heterocycles. The van der Waals surface area contributed by atoms with Crippen LogP contribution in [0.25, 0.3) is 0 Å². The standard InChI is InChI=1S/C22H23FN4O4/c1-14-8-10-22(11-9-14)20(29)27(21(30)26-22)13-18(28)25-16-4-7-19(24-12-16)31-17-5-2-15(23)3-6-17/h2-7,12,14H,8-11,13H2,1H3,(H,25,28)(H,26,30). The van der Waals surface area contributed by atoms with Crippen LogP contribution in [0.2, 0.25) is 0 Å². The highest BCUT2D eigenvalue weighted by molar-refractivity contribution is 6.10. The highest BCUT2D eigenvalue weighted by atomic mass is 19.1. The van der Waals surface area contributed by atoms with Crippen molar-refractivity contribution < 1.29 is 23.5 Å². The Morgan fingerprint density at radius 3 is 2.58 bits per heavy atom. The smallest absolute Gasteiger partial charge is 0.325 e. The lowest BCUT2D eigenvalue weighted by Gasteiger charge is -2.33. The average Bonchev–Trinajstić information content (AvgIpc) is 2.97. The molecule has 0 atom stereocenters. The number of aromatic nitrogens is 1. The Labute approximate surface area is 178 Å². The molecule has 2 aromatic rings. The largest absolute Gasteiger partial charge is 0.439 e. The van der Waals surface area contributed by atoms with Crippen molar-refractivity contribution in [3.63, 3.8) is 0 Å². The molecule has 0 radical (unpaired) electrons. The number of imide groups is 1. The van der Waals surface area contributed by atoms with E-state index in [4.69, 9.17) is 4.74 Å². The number of urea groups is 1. The number of carbonyl (C=O) groups excluding carboxylic acids is 3. The molecule has 2 aliphatic rings. The van der Waals surface area contributed by atoms with Gasteiger partial charge in [0, 0.05) is 6.07 Å². The van der Waals surface area contributed by atoms with E-state index in [1.807, 2.05) is 0 Å². The topological polar surface area (TPSA) is 101 Å². The predicted octanol–water partition coefficient (Wildman–Crippen LogP) is 3.45. The summed E-state index contributed by atoms with van der Waals surface area (Å²) in [5, 5.41) is 5.42. The van der Waals surface area contributed by atoms with Crippen LogP contribution in [0.1, 0.15) is 32.6 Å². The Morgan fingerprint density at radius 1 is 1.23 bits per heavy atom. The first-order valence-corrected chi connectivity index (χ1v) is 10.2. The number of ether oxygens (including phenoxy) is 1. The van der Waals surface area contributed by atoms with E-state index in [-0.39, 0.29) is 24.1 Å². The van der Waals surface area contributed by atoms with Crippen LogP contribution in [-0.2, 0) is 9.59 Å². The van der Waals surface area contributed by atoms with Crippen LogP contribution in [0.15, 0.2) is 42.6 Å².